The van der Waals surface area contributed by atoms with E-state index in [0.29, 0.717) is 10.4 Å². The van der Waals surface area contributed by atoms with Gasteiger partial charge < -0.3 is 0 Å². The monoisotopic (exact) mass is 297 g/mol. The van der Waals surface area contributed by atoms with E-state index in [-0.39, 0.29) is 11.2 Å². The predicted octanol–water partition coefficient (Wildman–Crippen LogP) is 3.61. The highest BCUT2D eigenvalue weighted by Gasteiger charge is 2.27. The van der Waals surface area contributed by atoms with Gasteiger partial charge in [-0.1, -0.05) is 43.5 Å². The molecule has 0 aliphatic rings. The van der Waals surface area contributed by atoms with Gasteiger partial charge in [-0.2, -0.15) is 0 Å². The highest BCUT2D eigenvalue weighted by molar-refractivity contribution is 7.08. The van der Waals surface area contributed by atoms with Crippen molar-refractivity contribution < 1.29 is 4.79 Å². The Kier molecular flexibility index (Phi) is 3.29. The first-order chi connectivity index (χ1) is 9.98. The number of benzene rings is 1. The molecule has 0 unspecified atom stereocenters. The largest absolute Gasteiger partial charge is 0.288 e. The fourth-order valence-corrected chi connectivity index (χ4v) is 3.08. The predicted molar refractivity (Wildman–Crippen MR) is 83.8 cm³/mol. The van der Waals surface area contributed by atoms with Crippen LogP contribution >= 0.6 is 11.5 Å². The summed E-state index contributed by atoms with van der Waals surface area (Å²) in [6.45, 7) is 6.10. The number of aromatic nitrogens is 3. The molecule has 4 nitrogen and oxygen atoms in total. The van der Waals surface area contributed by atoms with Crippen LogP contribution in [-0.2, 0) is 5.41 Å². The van der Waals surface area contributed by atoms with Crippen LogP contribution in [0.1, 0.15) is 41.7 Å². The number of ketones is 1. The lowest BCUT2D eigenvalue weighted by atomic mass is 9.89. The summed E-state index contributed by atoms with van der Waals surface area (Å²) in [6.07, 6.45) is 1.73. The molecule has 0 aliphatic carbocycles. The first-order valence-corrected chi connectivity index (χ1v) is 7.47. The first kappa shape index (κ1) is 13.8. The second-order valence-electron chi connectivity index (χ2n) is 5.91. The SMILES string of the molecule is CC(C)(C)c1nnsc1C(=O)c1cccc2ncccc12. The number of pyridine rings is 1. The van der Waals surface area contributed by atoms with Crippen LogP contribution in [-0.4, -0.2) is 20.4 Å². The van der Waals surface area contributed by atoms with Crippen molar-refractivity contribution in [2.24, 2.45) is 0 Å². The fraction of sp³-hybridized carbons (Fsp3) is 0.250. The third-order valence-corrected chi connectivity index (χ3v) is 4.02. The number of fused-ring (bicyclic) bond motifs is 1. The number of hydrogen-bond donors (Lipinski definition) is 0. The van der Waals surface area contributed by atoms with Crippen LogP contribution in [0.2, 0.25) is 0 Å². The molecule has 106 valence electrons. The minimum absolute atomic E-state index is 0.0338. The summed E-state index contributed by atoms with van der Waals surface area (Å²) in [6, 6.07) is 9.35. The van der Waals surface area contributed by atoms with E-state index in [1.165, 1.54) is 0 Å². The average Bonchev–Trinajstić information content (AvgIpc) is 2.95. The van der Waals surface area contributed by atoms with E-state index < -0.39 is 0 Å². The Labute approximate surface area is 127 Å². The minimum Gasteiger partial charge on any atom is -0.288 e. The molecule has 0 radical (unpaired) electrons. The summed E-state index contributed by atoms with van der Waals surface area (Å²) >= 11 is 1.16. The van der Waals surface area contributed by atoms with Crippen molar-refractivity contribution in [1.82, 2.24) is 14.6 Å². The fourth-order valence-electron chi connectivity index (χ4n) is 2.25. The van der Waals surface area contributed by atoms with Crippen LogP contribution in [0.25, 0.3) is 10.9 Å². The standard InChI is InChI=1S/C16H15N3OS/c1-16(2,3)15-14(21-19-18-15)13(20)11-6-4-8-12-10(11)7-5-9-17-12/h4-9H,1-3H3. The maximum atomic E-state index is 12.9. The number of carbonyl (C=O) groups excluding carboxylic acids is 1. The number of hydrogen-bond acceptors (Lipinski definition) is 5. The highest BCUT2D eigenvalue weighted by Crippen LogP contribution is 2.29. The van der Waals surface area contributed by atoms with Gasteiger partial charge in [0.2, 0.25) is 5.78 Å². The second kappa shape index (κ2) is 5.00. The van der Waals surface area contributed by atoms with E-state index >= 15 is 0 Å². The lowest BCUT2D eigenvalue weighted by molar-refractivity contribution is 0.104. The first-order valence-electron chi connectivity index (χ1n) is 6.70. The molecule has 0 amide bonds. The van der Waals surface area contributed by atoms with Gasteiger partial charge in [0.1, 0.15) is 4.88 Å². The van der Waals surface area contributed by atoms with E-state index in [1.807, 2.05) is 51.1 Å². The van der Waals surface area contributed by atoms with Crippen LogP contribution in [0.4, 0.5) is 0 Å². The summed E-state index contributed by atoms with van der Waals surface area (Å²) in [4.78, 5) is 17.8. The Morgan fingerprint density at radius 3 is 2.71 bits per heavy atom. The van der Waals surface area contributed by atoms with Crippen LogP contribution in [0, 0.1) is 0 Å². The molecule has 0 saturated heterocycles. The van der Waals surface area contributed by atoms with Gasteiger partial charge in [0.25, 0.3) is 0 Å². The van der Waals surface area contributed by atoms with E-state index in [0.717, 1.165) is 28.1 Å². The molecular formula is C16H15N3OS. The van der Waals surface area contributed by atoms with Gasteiger partial charge in [-0.3, -0.25) is 9.78 Å². The summed E-state index contributed by atoms with van der Waals surface area (Å²) in [5.74, 6) is -0.0338. The molecule has 2 heterocycles. The highest BCUT2D eigenvalue weighted by atomic mass is 32.1. The maximum absolute atomic E-state index is 12.9. The van der Waals surface area contributed by atoms with Crippen molar-refractivity contribution in [3.63, 3.8) is 0 Å². The molecule has 3 aromatic rings. The smallest absolute Gasteiger partial charge is 0.207 e. The van der Waals surface area contributed by atoms with Crippen LogP contribution in [0.15, 0.2) is 36.5 Å². The molecule has 5 heteroatoms. The Hall–Kier alpha value is -2.14. The maximum Gasteiger partial charge on any atom is 0.207 e. The van der Waals surface area contributed by atoms with Crippen molar-refractivity contribution in [3.8, 4) is 0 Å². The molecule has 0 atom stereocenters. The molecule has 0 spiro atoms. The van der Waals surface area contributed by atoms with Crippen molar-refractivity contribution in [2.75, 3.05) is 0 Å². The third-order valence-electron chi connectivity index (χ3n) is 3.29. The molecule has 0 aliphatic heterocycles. The van der Waals surface area contributed by atoms with Crippen LogP contribution in [0.5, 0.6) is 0 Å². The molecule has 0 N–H and O–H groups in total. The minimum atomic E-state index is -0.208. The molecule has 1 aromatic carbocycles. The molecule has 21 heavy (non-hydrogen) atoms. The molecule has 2 aromatic heterocycles. The van der Waals surface area contributed by atoms with Crippen molar-refractivity contribution >= 4 is 28.2 Å². The number of carbonyl (C=O) groups is 1. The lowest BCUT2D eigenvalue weighted by Crippen LogP contribution is -2.16. The Balaban J connectivity index is 2.16. The molecule has 0 bridgehead atoms. The topological polar surface area (TPSA) is 55.7 Å². The zero-order valence-electron chi connectivity index (χ0n) is 12.1. The van der Waals surface area contributed by atoms with Crippen LogP contribution < -0.4 is 0 Å². The van der Waals surface area contributed by atoms with Gasteiger partial charge in [0.05, 0.1) is 11.2 Å². The summed E-state index contributed by atoms with van der Waals surface area (Å²) in [5.41, 5.74) is 2.01. The Morgan fingerprint density at radius 2 is 1.95 bits per heavy atom. The molecule has 3 rings (SSSR count). The summed E-state index contributed by atoms with van der Waals surface area (Å²) in [5, 5.41) is 5.01. The number of nitrogens with zero attached hydrogens (tertiary/aromatic N) is 3. The molecule has 0 saturated carbocycles. The van der Waals surface area contributed by atoms with Gasteiger partial charge in [-0.05, 0) is 23.7 Å². The normalized spacial score (nSPS) is 11.8. The zero-order chi connectivity index (χ0) is 15.0. The molecular weight excluding hydrogens is 282 g/mol. The van der Waals surface area contributed by atoms with Crippen molar-refractivity contribution in [2.45, 2.75) is 26.2 Å². The average molecular weight is 297 g/mol. The summed E-state index contributed by atoms with van der Waals surface area (Å²) < 4.78 is 3.97. The van der Waals surface area contributed by atoms with Gasteiger partial charge in [0, 0.05) is 22.6 Å². The van der Waals surface area contributed by atoms with Crippen molar-refractivity contribution in [3.05, 3.63) is 52.7 Å². The molecule has 0 fully saturated rings. The second-order valence-corrected chi connectivity index (χ2v) is 6.66. The zero-order valence-corrected chi connectivity index (χ0v) is 12.9. The number of rotatable bonds is 2. The third kappa shape index (κ3) is 2.45. The van der Waals surface area contributed by atoms with E-state index in [1.54, 1.807) is 6.20 Å². The Morgan fingerprint density at radius 1 is 1.14 bits per heavy atom. The van der Waals surface area contributed by atoms with Gasteiger partial charge in [-0.25, -0.2) is 0 Å². The van der Waals surface area contributed by atoms with Gasteiger partial charge >= 0.3 is 0 Å². The van der Waals surface area contributed by atoms with Crippen LogP contribution in [0.3, 0.4) is 0 Å². The Bertz CT molecular complexity index is 812. The lowest BCUT2D eigenvalue weighted by Gasteiger charge is -2.16. The van der Waals surface area contributed by atoms with E-state index in [9.17, 15) is 4.79 Å². The summed E-state index contributed by atoms with van der Waals surface area (Å²) in [7, 11) is 0. The van der Waals surface area contributed by atoms with E-state index in [2.05, 4.69) is 14.6 Å². The van der Waals surface area contributed by atoms with E-state index in [4.69, 9.17) is 0 Å². The van der Waals surface area contributed by atoms with Gasteiger partial charge in [0.15, 0.2) is 0 Å². The van der Waals surface area contributed by atoms with Gasteiger partial charge in [-0.15, -0.1) is 5.10 Å². The van der Waals surface area contributed by atoms with Crippen molar-refractivity contribution in [1.29, 1.82) is 0 Å². The quantitative estimate of drug-likeness (QED) is 0.678.